The molecule has 0 radical (unpaired) electrons. The summed E-state index contributed by atoms with van der Waals surface area (Å²) >= 11 is 6.15. The largest absolute Gasteiger partial charge is 0.450 e. The van der Waals surface area contributed by atoms with Crippen molar-refractivity contribution in [3.05, 3.63) is 23.2 Å². The second-order valence-electron chi connectivity index (χ2n) is 6.29. The van der Waals surface area contributed by atoms with Gasteiger partial charge >= 0.3 is 0 Å². The molecule has 1 fully saturated rings. The molecule has 1 atom stereocenters. The third kappa shape index (κ3) is 3.10. The fourth-order valence-corrected chi connectivity index (χ4v) is 3.44. The number of nitrogens with two attached hydrogens (primary N) is 1. The highest BCUT2D eigenvalue weighted by Crippen LogP contribution is 2.35. The average Bonchev–Trinajstić information content (AvgIpc) is 2.97. The molecule has 0 amide bonds. The number of aromatic nitrogens is 2. The third-order valence-electron chi connectivity index (χ3n) is 4.41. The number of hydrogen-bond acceptors (Lipinski definition) is 7. The van der Waals surface area contributed by atoms with Crippen LogP contribution in [-0.2, 0) is 0 Å². The van der Waals surface area contributed by atoms with Crippen LogP contribution in [-0.4, -0.2) is 47.4 Å². The number of nitrogens with one attached hydrogen (secondary N) is 1. The summed E-state index contributed by atoms with van der Waals surface area (Å²) in [6.45, 7) is 1.98. The van der Waals surface area contributed by atoms with Crippen molar-refractivity contribution < 1.29 is 9.52 Å². The number of aliphatic hydroxyl groups is 1. The molecule has 1 aliphatic rings. The fourth-order valence-electron chi connectivity index (χ4n) is 3.26. The lowest BCUT2D eigenvalue weighted by molar-refractivity contribution is 0.311. The Morgan fingerprint density at radius 3 is 3.08 bits per heavy atom. The quantitative estimate of drug-likeness (QED) is 0.655. The van der Waals surface area contributed by atoms with Gasteiger partial charge in [0.15, 0.2) is 11.4 Å². The van der Waals surface area contributed by atoms with E-state index in [1.807, 2.05) is 12.1 Å². The minimum atomic E-state index is 0.00326. The molecule has 1 saturated heterocycles. The summed E-state index contributed by atoms with van der Waals surface area (Å²) in [5.74, 6) is 1.19. The molecule has 7 nitrogen and oxygen atoms in total. The van der Waals surface area contributed by atoms with Gasteiger partial charge in [0.1, 0.15) is 11.1 Å². The number of halogens is 1. The highest BCUT2D eigenvalue weighted by atomic mass is 35.5. The van der Waals surface area contributed by atoms with Crippen molar-refractivity contribution in [2.45, 2.75) is 18.9 Å². The highest BCUT2D eigenvalue weighted by Gasteiger charge is 2.24. The van der Waals surface area contributed by atoms with Gasteiger partial charge in [0, 0.05) is 36.1 Å². The maximum atomic E-state index is 9.08. The first-order valence-corrected chi connectivity index (χ1v) is 8.78. The number of piperidine rings is 1. The standard InChI is InChI=1S/C17H20ClN5O2/c18-10-3-4-13-12(8-10)14-15(25-13)16(22-17(21-14)20-5-7-24)23-6-1-2-11(19)9-23/h3-4,8,11,24H,1-2,5-7,9,19H2,(H,20,21,22). The van der Waals surface area contributed by atoms with Crippen LogP contribution in [0.25, 0.3) is 22.1 Å². The minimum absolute atomic E-state index is 0.00326. The van der Waals surface area contributed by atoms with E-state index in [4.69, 9.17) is 26.9 Å². The van der Waals surface area contributed by atoms with Gasteiger partial charge in [0.25, 0.3) is 0 Å². The van der Waals surface area contributed by atoms with Crippen molar-refractivity contribution in [1.82, 2.24) is 9.97 Å². The van der Waals surface area contributed by atoms with E-state index >= 15 is 0 Å². The van der Waals surface area contributed by atoms with Crippen molar-refractivity contribution in [2.24, 2.45) is 5.73 Å². The van der Waals surface area contributed by atoms with Crippen LogP contribution >= 0.6 is 11.6 Å². The molecule has 1 aromatic carbocycles. The van der Waals surface area contributed by atoms with E-state index < -0.39 is 0 Å². The van der Waals surface area contributed by atoms with E-state index in [1.54, 1.807) is 6.07 Å². The second kappa shape index (κ2) is 6.67. The monoisotopic (exact) mass is 361 g/mol. The summed E-state index contributed by atoms with van der Waals surface area (Å²) in [6.07, 6.45) is 2.02. The van der Waals surface area contributed by atoms with Crippen molar-refractivity contribution in [2.75, 3.05) is 36.5 Å². The zero-order chi connectivity index (χ0) is 17.4. The molecular weight excluding hydrogens is 342 g/mol. The zero-order valence-electron chi connectivity index (χ0n) is 13.7. The first-order valence-electron chi connectivity index (χ1n) is 8.41. The van der Waals surface area contributed by atoms with Crippen LogP contribution in [0.15, 0.2) is 22.6 Å². The van der Waals surface area contributed by atoms with Gasteiger partial charge in [-0.2, -0.15) is 4.98 Å². The topological polar surface area (TPSA) is 100 Å². The van der Waals surface area contributed by atoms with Gasteiger partial charge in [-0.1, -0.05) is 11.6 Å². The lowest BCUT2D eigenvalue weighted by Gasteiger charge is -2.31. The molecule has 1 unspecified atom stereocenters. The number of aliphatic hydroxyl groups excluding tert-OH is 1. The van der Waals surface area contributed by atoms with Gasteiger partial charge in [-0.3, -0.25) is 0 Å². The molecule has 0 aliphatic carbocycles. The van der Waals surface area contributed by atoms with Crippen molar-refractivity contribution in [1.29, 1.82) is 0 Å². The second-order valence-corrected chi connectivity index (χ2v) is 6.73. The molecule has 25 heavy (non-hydrogen) atoms. The van der Waals surface area contributed by atoms with Gasteiger partial charge in [-0.25, -0.2) is 4.98 Å². The van der Waals surface area contributed by atoms with Crippen LogP contribution in [0.1, 0.15) is 12.8 Å². The molecule has 3 aromatic rings. The van der Waals surface area contributed by atoms with E-state index in [-0.39, 0.29) is 12.6 Å². The summed E-state index contributed by atoms with van der Waals surface area (Å²) in [7, 11) is 0. The van der Waals surface area contributed by atoms with Crippen LogP contribution in [0.4, 0.5) is 11.8 Å². The summed E-state index contributed by atoms with van der Waals surface area (Å²) in [5, 5.41) is 13.6. The third-order valence-corrected chi connectivity index (χ3v) is 4.64. The SMILES string of the molecule is NC1CCCN(c2nc(NCCO)nc3c2oc2ccc(Cl)cc23)C1. The molecule has 132 valence electrons. The molecule has 4 N–H and O–H groups in total. The smallest absolute Gasteiger partial charge is 0.225 e. The molecule has 0 saturated carbocycles. The normalized spacial score (nSPS) is 18.2. The van der Waals surface area contributed by atoms with Crippen LogP contribution in [0.2, 0.25) is 5.02 Å². The number of nitrogens with zero attached hydrogens (tertiary/aromatic N) is 3. The Morgan fingerprint density at radius 2 is 2.28 bits per heavy atom. The first kappa shape index (κ1) is 16.4. The van der Waals surface area contributed by atoms with Gasteiger partial charge < -0.3 is 25.5 Å². The number of anilines is 2. The van der Waals surface area contributed by atoms with Gasteiger partial charge in [0.2, 0.25) is 5.95 Å². The number of furan rings is 1. The van der Waals surface area contributed by atoms with Crippen LogP contribution in [0.5, 0.6) is 0 Å². The Labute approximate surface area is 149 Å². The molecule has 1 aliphatic heterocycles. The molecular formula is C17H20ClN5O2. The van der Waals surface area contributed by atoms with Crippen LogP contribution in [0, 0.1) is 0 Å². The van der Waals surface area contributed by atoms with Crippen LogP contribution in [0.3, 0.4) is 0 Å². The van der Waals surface area contributed by atoms with E-state index in [9.17, 15) is 0 Å². The minimum Gasteiger partial charge on any atom is -0.450 e. The maximum Gasteiger partial charge on any atom is 0.225 e. The predicted octanol–water partition coefficient (Wildman–Crippen LogP) is 2.36. The number of rotatable bonds is 4. The van der Waals surface area contributed by atoms with Crippen LogP contribution < -0.4 is 16.0 Å². The summed E-state index contributed by atoms with van der Waals surface area (Å²) in [6, 6.07) is 5.59. The Balaban J connectivity index is 1.90. The summed E-state index contributed by atoms with van der Waals surface area (Å²) < 4.78 is 6.04. The number of benzene rings is 1. The lowest BCUT2D eigenvalue weighted by Crippen LogP contribution is -2.43. The predicted molar refractivity (Wildman–Crippen MR) is 99.3 cm³/mol. The van der Waals surface area contributed by atoms with Crippen molar-refractivity contribution in [3.63, 3.8) is 0 Å². The average molecular weight is 362 g/mol. The van der Waals surface area contributed by atoms with E-state index in [2.05, 4.69) is 20.2 Å². The van der Waals surface area contributed by atoms with E-state index in [0.717, 1.165) is 42.7 Å². The van der Waals surface area contributed by atoms with Gasteiger partial charge in [-0.15, -0.1) is 0 Å². The maximum absolute atomic E-state index is 9.08. The van der Waals surface area contributed by atoms with E-state index in [1.165, 1.54) is 0 Å². The number of hydrogen-bond donors (Lipinski definition) is 3. The van der Waals surface area contributed by atoms with Gasteiger partial charge in [0.05, 0.1) is 6.61 Å². The Hall–Kier alpha value is -2.09. The summed E-state index contributed by atoms with van der Waals surface area (Å²) in [5.41, 5.74) is 8.21. The number of fused-ring (bicyclic) bond motifs is 3. The molecule has 4 rings (SSSR count). The molecule has 8 heteroatoms. The zero-order valence-corrected chi connectivity index (χ0v) is 14.5. The van der Waals surface area contributed by atoms with Crippen molar-refractivity contribution in [3.8, 4) is 0 Å². The van der Waals surface area contributed by atoms with E-state index in [0.29, 0.717) is 28.6 Å². The summed E-state index contributed by atoms with van der Waals surface area (Å²) in [4.78, 5) is 11.3. The molecule has 0 spiro atoms. The Kier molecular flexibility index (Phi) is 4.37. The lowest BCUT2D eigenvalue weighted by atomic mass is 10.1. The van der Waals surface area contributed by atoms with Gasteiger partial charge in [-0.05, 0) is 31.0 Å². The molecule has 3 heterocycles. The Bertz CT molecular complexity index is 913. The van der Waals surface area contributed by atoms with Crippen molar-refractivity contribution >= 4 is 45.4 Å². The fraction of sp³-hybridized carbons (Fsp3) is 0.412. The molecule has 0 bridgehead atoms. The first-order chi connectivity index (χ1) is 12.2. The highest BCUT2D eigenvalue weighted by molar-refractivity contribution is 6.31. The Morgan fingerprint density at radius 1 is 1.40 bits per heavy atom. The molecule has 2 aromatic heterocycles.